The third-order valence-electron chi connectivity index (χ3n) is 8.40. The van der Waals surface area contributed by atoms with E-state index in [1.165, 1.54) is 40.4 Å². The van der Waals surface area contributed by atoms with Gasteiger partial charge in [-0.15, -0.1) is 0 Å². The molecule has 0 radical (unpaired) electrons. The zero-order valence-electron chi connectivity index (χ0n) is 20.0. The molecule has 1 atom stereocenters. The molecule has 3 heterocycles. The Morgan fingerprint density at radius 3 is 2.71 bits per heavy atom. The summed E-state index contributed by atoms with van der Waals surface area (Å²) in [7, 11) is 0. The molecule has 3 aromatic rings. The highest BCUT2D eigenvalue weighted by atomic mass is 19.3. The first-order chi connectivity index (χ1) is 16.8. The molecule has 6 rings (SSSR count). The van der Waals surface area contributed by atoms with Gasteiger partial charge < -0.3 is 16.6 Å². The van der Waals surface area contributed by atoms with Crippen molar-refractivity contribution in [1.82, 2.24) is 14.9 Å². The molecule has 184 valence electrons. The number of likely N-dealkylation sites (tertiary alicyclic amines) is 1. The molecule has 1 aromatic carbocycles. The molecule has 5 N–H and O–H groups in total. The van der Waals surface area contributed by atoms with Crippen LogP contribution >= 0.6 is 0 Å². The van der Waals surface area contributed by atoms with E-state index < -0.39 is 5.92 Å². The molecular formula is C27H32F2N6. The molecule has 0 unspecified atom stereocenters. The smallest absolute Gasteiger partial charge is 0.249 e. The van der Waals surface area contributed by atoms with Gasteiger partial charge in [-0.2, -0.15) is 5.10 Å². The van der Waals surface area contributed by atoms with E-state index in [-0.39, 0.29) is 30.1 Å². The van der Waals surface area contributed by atoms with Gasteiger partial charge in [0.2, 0.25) is 5.92 Å². The number of halogens is 2. The van der Waals surface area contributed by atoms with Crippen LogP contribution in [-0.4, -0.2) is 33.2 Å². The highest BCUT2D eigenvalue weighted by molar-refractivity contribution is 5.95. The molecular weight excluding hydrogens is 446 g/mol. The van der Waals surface area contributed by atoms with Crippen molar-refractivity contribution in [3.63, 3.8) is 0 Å². The maximum Gasteiger partial charge on any atom is 0.249 e. The standard InChI is InChI=1S/C27H32F2N6/c1-16-10-20(17-2-3-17)21(19-6-8-32-24(16)19)13-35-9-7-26(14-27(28,29)15-26)11-23(35)18-4-5-22(33-12-18)25(30)34-31/h4-6,8,10,12,17,23,32H,2-3,7,9,11,13-15,31H2,1H3,(H2,30,34)/t23-/m0/s1. The molecule has 0 bridgehead atoms. The number of aromatic nitrogens is 2. The van der Waals surface area contributed by atoms with Crippen molar-refractivity contribution >= 4 is 16.7 Å². The van der Waals surface area contributed by atoms with Crippen molar-refractivity contribution < 1.29 is 8.78 Å². The maximum atomic E-state index is 14.0. The van der Waals surface area contributed by atoms with Crippen molar-refractivity contribution in [1.29, 1.82) is 0 Å². The quantitative estimate of drug-likeness (QED) is 0.206. The van der Waals surface area contributed by atoms with E-state index in [4.69, 9.17) is 11.6 Å². The number of alkyl halides is 2. The number of pyridine rings is 1. The van der Waals surface area contributed by atoms with Crippen LogP contribution in [-0.2, 0) is 6.54 Å². The van der Waals surface area contributed by atoms with Crippen molar-refractivity contribution in [3.05, 3.63) is 64.6 Å². The van der Waals surface area contributed by atoms with Crippen molar-refractivity contribution in [2.45, 2.75) is 69.9 Å². The first kappa shape index (κ1) is 22.5. The minimum atomic E-state index is -2.53. The molecule has 3 aliphatic rings. The van der Waals surface area contributed by atoms with Gasteiger partial charge in [0.1, 0.15) is 5.69 Å². The summed E-state index contributed by atoms with van der Waals surface area (Å²) >= 11 is 0. The van der Waals surface area contributed by atoms with E-state index in [9.17, 15) is 8.78 Å². The summed E-state index contributed by atoms with van der Waals surface area (Å²) in [4.78, 5) is 10.4. The van der Waals surface area contributed by atoms with Gasteiger partial charge in [0, 0.05) is 48.7 Å². The second-order valence-electron chi connectivity index (χ2n) is 10.9. The Morgan fingerprint density at radius 2 is 2.06 bits per heavy atom. The van der Waals surface area contributed by atoms with Gasteiger partial charge in [-0.05, 0) is 84.9 Å². The first-order valence-corrected chi connectivity index (χ1v) is 12.5. The molecule has 2 saturated carbocycles. The largest absolute Gasteiger partial charge is 0.380 e. The zero-order valence-corrected chi connectivity index (χ0v) is 20.0. The van der Waals surface area contributed by atoms with Crippen LogP contribution in [0.15, 0.2) is 41.8 Å². The summed E-state index contributed by atoms with van der Waals surface area (Å²) < 4.78 is 28.0. The number of nitrogens with one attached hydrogen (secondary N) is 1. The van der Waals surface area contributed by atoms with Crippen LogP contribution in [0.25, 0.3) is 10.9 Å². The fourth-order valence-corrected chi connectivity index (χ4v) is 6.52. The molecule has 3 fully saturated rings. The van der Waals surface area contributed by atoms with E-state index in [1.807, 2.05) is 24.5 Å². The van der Waals surface area contributed by atoms with Crippen molar-refractivity contribution in [2.75, 3.05) is 6.54 Å². The second kappa shape index (κ2) is 8.01. The van der Waals surface area contributed by atoms with Crippen LogP contribution in [0.2, 0.25) is 0 Å². The number of hydrazone groups is 1. The lowest BCUT2D eigenvalue weighted by Gasteiger charge is -2.54. The Morgan fingerprint density at radius 1 is 1.26 bits per heavy atom. The molecule has 2 aliphatic carbocycles. The van der Waals surface area contributed by atoms with E-state index in [0.29, 0.717) is 18.0 Å². The van der Waals surface area contributed by atoms with Gasteiger partial charge in [-0.3, -0.25) is 9.88 Å². The number of piperidine rings is 1. The summed E-state index contributed by atoms with van der Waals surface area (Å²) in [5, 5.41) is 4.81. The average molecular weight is 479 g/mol. The van der Waals surface area contributed by atoms with Gasteiger partial charge in [0.05, 0.1) is 0 Å². The Hall–Kier alpha value is -3.00. The highest BCUT2D eigenvalue weighted by Crippen LogP contribution is 2.60. The van der Waals surface area contributed by atoms with Crippen LogP contribution in [0.1, 0.15) is 78.4 Å². The molecule has 35 heavy (non-hydrogen) atoms. The van der Waals surface area contributed by atoms with E-state index in [1.54, 1.807) is 0 Å². The SMILES string of the molecule is Cc1cc(C2CC2)c(CN2CCC3(C[C@H]2c2ccc(/C(N)=N/N)nc2)CC(F)(F)C3)c2cc[nH]c12. The lowest BCUT2D eigenvalue weighted by Crippen LogP contribution is -2.53. The van der Waals surface area contributed by atoms with Gasteiger partial charge in [0.25, 0.3) is 0 Å². The normalized spacial score (nSPS) is 24.1. The number of hydrogen-bond acceptors (Lipinski definition) is 4. The van der Waals surface area contributed by atoms with E-state index in [0.717, 1.165) is 25.1 Å². The van der Waals surface area contributed by atoms with Crippen LogP contribution in [0.4, 0.5) is 8.78 Å². The molecule has 1 aliphatic heterocycles. The molecule has 2 aromatic heterocycles. The second-order valence-corrected chi connectivity index (χ2v) is 10.9. The van der Waals surface area contributed by atoms with Gasteiger partial charge >= 0.3 is 0 Å². The van der Waals surface area contributed by atoms with Gasteiger partial charge in [-0.25, -0.2) is 8.78 Å². The third kappa shape index (κ3) is 3.97. The molecule has 0 amide bonds. The van der Waals surface area contributed by atoms with Gasteiger partial charge in [-0.1, -0.05) is 12.1 Å². The predicted molar refractivity (Wildman–Crippen MR) is 133 cm³/mol. The van der Waals surface area contributed by atoms with Crippen LogP contribution < -0.4 is 11.6 Å². The molecule has 1 saturated heterocycles. The zero-order chi connectivity index (χ0) is 24.4. The lowest BCUT2D eigenvalue weighted by molar-refractivity contribution is -0.186. The number of amidine groups is 1. The minimum absolute atomic E-state index is 0.0114. The highest BCUT2D eigenvalue weighted by Gasteiger charge is 2.58. The fraction of sp³-hybridized carbons (Fsp3) is 0.481. The third-order valence-corrected chi connectivity index (χ3v) is 8.40. The maximum absolute atomic E-state index is 14.0. The summed E-state index contributed by atoms with van der Waals surface area (Å²) in [6, 6.07) is 8.37. The number of nitrogens with zero attached hydrogens (tertiary/aromatic N) is 3. The summed E-state index contributed by atoms with van der Waals surface area (Å²) in [6.45, 7) is 3.76. The number of benzene rings is 1. The number of H-pyrrole nitrogens is 1. The minimum Gasteiger partial charge on any atom is -0.380 e. The lowest BCUT2D eigenvalue weighted by atomic mass is 9.59. The number of hydrogen-bond donors (Lipinski definition) is 3. The van der Waals surface area contributed by atoms with Crippen molar-refractivity contribution in [3.8, 4) is 0 Å². The summed E-state index contributed by atoms with van der Waals surface area (Å²) in [6.07, 6.45) is 7.79. The number of aryl methyl sites for hydroxylation is 1. The predicted octanol–water partition coefficient (Wildman–Crippen LogP) is 5.08. The monoisotopic (exact) mass is 478 g/mol. The first-order valence-electron chi connectivity index (χ1n) is 12.5. The van der Waals surface area contributed by atoms with Crippen LogP contribution in [0.3, 0.4) is 0 Å². The number of aromatic amines is 1. The topological polar surface area (TPSA) is 96.3 Å². The number of rotatable bonds is 5. The Bertz CT molecular complexity index is 1280. The summed E-state index contributed by atoms with van der Waals surface area (Å²) in [5.41, 5.74) is 12.4. The van der Waals surface area contributed by atoms with Crippen LogP contribution in [0.5, 0.6) is 0 Å². The van der Waals surface area contributed by atoms with E-state index >= 15 is 0 Å². The fourth-order valence-electron chi connectivity index (χ4n) is 6.52. The van der Waals surface area contributed by atoms with Crippen LogP contribution in [0, 0.1) is 12.3 Å². The Labute approximate surface area is 203 Å². The van der Waals surface area contributed by atoms with Crippen molar-refractivity contribution in [2.24, 2.45) is 22.1 Å². The Balaban J connectivity index is 1.36. The van der Waals surface area contributed by atoms with Gasteiger partial charge in [0.15, 0.2) is 5.84 Å². The van der Waals surface area contributed by atoms with E-state index in [2.05, 4.69) is 39.0 Å². The average Bonchev–Trinajstić information content (AvgIpc) is 3.55. The Kier molecular flexibility index (Phi) is 5.14. The molecule has 8 heteroatoms. The molecule has 6 nitrogen and oxygen atoms in total. The molecule has 1 spiro atoms. The number of nitrogens with two attached hydrogens (primary N) is 2. The number of fused-ring (bicyclic) bond motifs is 1. The summed E-state index contributed by atoms with van der Waals surface area (Å²) in [5.74, 6) is 3.58.